The molecule has 2 fully saturated rings. The van der Waals surface area contributed by atoms with Crippen LogP contribution in [0.2, 0.25) is 0 Å². The summed E-state index contributed by atoms with van der Waals surface area (Å²) in [4.78, 5) is 26.9. The number of carbonyl (C=O) groups is 1. The first-order valence-electron chi connectivity index (χ1n) is 10.7. The lowest BCUT2D eigenvalue weighted by Gasteiger charge is -2.22. The smallest absolute Gasteiger partial charge is 0.326 e. The maximum atomic E-state index is 11.5. The number of aliphatic carboxylic acids is 1. The summed E-state index contributed by atoms with van der Waals surface area (Å²) in [5.74, 6) is 1.63. The van der Waals surface area contributed by atoms with Crippen molar-refractivity contribution in [3.05, 3.63) is 59.9 Å². The number of anilines is 3. The highest BCUT2D eigenvalue weighted by Gasteiger charge is 2.31. The Morgan fingerprint density at radius 3 is 2.72 bits per heavy atom. The van der Waals surface area contributed by atoms with Gasteiger partial charge in [-0.2, -0.15) is 5.26 Å². The van der Waals surface area contributed by atoms with Gasteiger partial charge in [0.15, 0.2) is 0 Å². The average Bonchev–Trinajstić information content (AvgIpc) is 3.55. The zero-order valence-electron chi connectivity index (χ0n) is 17.4. The van der Waals surface area contributed by atoms with E-state index in [4.69, 9.17) is 10.2 Å². The van der Waals surface area contributed by atoms with Gasteiger partial charge in [0.05, 0.1) is 17.3 Å². The van der Waals surface area contributed by atoms with Crippen molar-refractivity contribution in [1.82, 2.24) is 15.0 Å². The normalized spacial score (nSPS) is 17.7. The van der Waals surface area contributed by atoms with Crippen molar-refractivity contribution in [2.75, 3.05) is 16.8 Å². The van der Waals surface area contributed by atoms with Crippen molar-refractivity contribution >= 4 is 23.4 Å². The highest BCUT2D eigenvalue weighted by atomic mass is 16.4. The second kappa shape index (κ2) is 8.27. The molecule has 2 N–H and O–H groups in total. The summed E-state index contributed by atoms with van der Waals surface area (Å²) >= 11 is 0. The van der Waals surface area contributed by atoms with Crippen molar-refractivity contribution in [3.8, 4) is 17.3 Å². The molecule has 1 atom stereocenters. The molecule has 4 heterocycles. The quantitative estimate of drug-likeness (QED) is 0.606. The number of hydrogen-bond donors (Lipinski definition) is 2. The van der Waals surface area contributed by atoms with E-state index in [1.807, 2.05) is 23.1 Å². The molecule has 8 heteroatoms. The molecule has 2 aliphatic rings. The fraction of sp³-hybridized carbons (Fsp3) is 0.292. The molecule has 0 radical (unpaired) electrons. The minimum atomic E-state index is -0.808. The molecule has 0 bridgehead atoms. The lowest BCUT2D eigenvalue weighted by molar-refractivity contribution is -0.138. The summed E-state index contributed by atoms with van der Waals surface area (Å²) in [6, 6.07) is 12.9. The lowest BCUT2D eigenvalue weighted by atomic mass is 10.1. The van der Waals surface area contributed by atoms with Crippen LogP contribution in [0.4, 0.5) is 17.5 Å². The lowest BCUT2D eigenvalue weighted by Crippen LogP contribution is -2.36. The average molecular weight is 426 g/mol. The second-order valence-corrected chi connectivity index (χ2v) is 8.21. The van der Waals surface area contributed by atoms with Gasteiger partial charge in [-0.25, -0.2) is 19.7 Å². The minimum Gasteiger partial charge on any atom is -0.480 e. The van der Waals surface area contributed by atoms with E-state index in [1.54, 1.807) is 24.5 Å². The third-order valence-corrected chi connectivity index (χ3v) is 5.92. The molecule has 1 saturated carbocycles. The van der Waals surface area contributed by atoms with E-state index in [1.165, 1.54) is 5.56 Å². The Bertz CT molecular complexity index is 1200. The molecular weight excluding hydrogens is 404 g/mol. The maximum Gasteiger partial charge on any atom is 0.326 e. The largest absolute Gasteiger partial charge is 0.480 e. The van der Waals surface area contributed by atoms with Crippen LogP contribution in [0, 0.1) is 11.3 Å². The van der Waals surface area contributed by atoms with Crippen LogP contribution in [0.15, 0.2) is 48.8 Å². The molecule has 3 aromatic rings. The third-order valence-electron chi connectivity index (χ3n) is 5.92. The molecule has 0 aromatic carbocycles. The number of hydrogen-bond acceptors (Lipinski definition) is 7. The van der Waals surface area contributed by atoms with Gasteiger partial charge in [-0.3, -0.25) is 0 Å². The Labute approximate surface area is 185 Å². The van der Waals surface area contributed by atoms with Gasteiger partial charge in [0, 0.05) is 24.5 Å². The molecule has 0 spiro atoms. The van der Waals surface area contributed by atoms with Crippen molar-refractivity contribution < 1.29 is 9.90 Å². The Balaban J connectivity index is 1.44. The molecule has 1 saturated heterocycles. The molecule has 0 unspecified atom stereocenters. The third kappa shape index (κ3) is 4.10. The van der Waals surface area contributed by atoms with E-state index in [0.717, 1.165) is 30.5 Å². The summed E-state index contributed by atoms with van der Waals surface area (Å²) in [5, 5.41) is 21.8. The Morgan fingerprint density at radius 1 is 1.12 bits per heavy atom. The van der Waals surface area contributed by atoms with Crippen LogP contribution in [0.3, 0.4) is 0 Å². The van der Waals surface area contributed by atoms with E-state index in [-0.39, 0.29) is 0 Å². The highest BCUT2D eigenvalue weighted by Crippen LogP contribution is 2.42. The van der Waals surface area contributed by atoms with Crippen molar-refractivity contribution in [2.24, 2.45) is 0 Å². The van der Waals surface area contributed by atoms with Crippen LogP contribution >= 0.6 is 0 Å². The first-order chi connectivity index (χ1) is 15.6. The molecule has 8 nitrogen and oxygen atoms in total. The van der Waals surface area contributed by atoms with E-state index in [0.29, 0.717) is 41.9 Å². The van der Waals surface area contributed by atoms with Gasteiger partial charge >= 0.3 is 5.97 Å². The van der Waals surface area contributed by atoms with Crippen molar-refractivity contribution in [2.45, 2.75) is 37.6 Å². The van der Waals surface area contributed by atoms with Crippen LogP contribution in [0.25, 0.3) is 11.3 Å². The first-order valence-corrected chi connectivity index (χ1v) is 10.7. The Kier molecular flexibility index (Phi) is 5.15. The molecular formula is C24H22N6O2. The van der Waals surface area contributed by atoms with Gasteiger partial charge < -0.3 is 15.3 Å². The van der Waals surface area contributed by atoms with E-state index in [2.05, 4.69) is 27.4 Å². The molecule has 0 amide bonds. The maximum absolute atomic E-state index is 11.5. The SMILES string of the molecule is N#Cc1ccnc(Nc2cc(C3CC3)cc(-c3ccc(N4CCC[C@H]4C(=O)O)nc3)n2)c1. The predicted octanol–water partition coefficient (Wildman–Crippen LogP) is 4.08. The molecule has 5 rings (SSSR count). The van der Waals surface area contributed by atoms with Gasteiger partial charge in [0.2, 0.25) is 0 Å². The van der Waals surface area contributed by atoms with E-state index in [9.17, 15) is 9.90 Å². The van der Waals surface area contributed by atoms with Crippen LogP contribution in [0.1, 0.15) is 42.7 Å². The molecule has 3 aromatic heterocycles. The monoisotopic (exact) mass is 426 g/mol. The molecule has 1 aliphatic heterocycles. The molecule has 1 aliphatic carbocycles. The zero-order valence-corrected chi connectivity index (χ0v) is 17.4. The number of carboxylic acids is 1. The standard InChI is InChI=1S/C24H22N6O2/c25-13-15-7-8-26-21(10-15)29-22-12-18(16-3-4-16)11-19(28-22)17-5-6-23(27-14-17)30-9-1-2-20(30)24(31)32/h5-8,10-12,14,16,20H,1-4,9H2,(H,31,32)(H,26,28,29)/t20-/m0/s1. The topological polar surface area (TPSA) is 115 Å². The van der Waals surface area contributed by atoms with Crippen LogP contribution < -0.4 is 10.2 Å². The summed E-state index contributed by atoms with van der Waals surface area (Å²) in [7, 11) is 0. The number of carboxylic acid groups (broad SMARTS) is 1. The van der Waals surface area contributed by atoms with Crippen molar-refractivity contribution in [1.29, 1.82) is 5.26 Å². The van der Waals surface area contributed by atoms with E-state index < -0.39 is 12.0 Å². The number of rotatable bonds is 6. The number of nitrogens with zero attached hydrogens (tertiary/aromatic N) is 5. The van der Waals surface area contributed by atoms with Gasteiger partial charge in [0.25, 0.3) is 0 Å². The fourth-order valence-corrected chi connectivity index (χ4v) is 4.12. The minimum absolute atomic E-state index is 0.517. The Hall–Kier alpha value is -3.99. The molecule has 160 valence electrons. The highest BCUT2D eigenvalue weighted by molar-refractivity contribution is 5.78. The predicted molar refractivity (Wildman–Crippen MR) is 120 cm³/mol. The van der Waals surface area contributed by atoms with Gasteiger partial charge in [-0.1, -0.05) is 0 Å². The van der Waals surface area contributed by atoms with Crippen molar-refractivity contribution in [3.63, 3.8) is 0 Å². The van der Waals surface area contributed by atoms with Crippen LogP contribution in [0.5, 0.6) is 0 Å². The van der Waals surface area contributed by atoms with Crippen LogP contribution in [-0.2, 0) is 4.79 Å². The number of nitriles is 1. The number of aromatic nitrogens is 3. The first kappa shape index (κ1) is 19.9. The van der Waals surface area contributed by atoms with Gasteiger partial charge in [0.1, 0.15) is 23.5 Å². The number of nitrogens with one attached hydrogen (secondary N) is 1. The summed E-state index contributed by atoms with van der Waals surface area (Å²) < 4.78 is 0. The van der Waals surface area contributed by atoms with Gasteiger partial charge in [-0.05, 0) is 73.6 Å². The summed E-state index contributed by atoms with van der Waals surface area (Å²) in [6.45, 7) is 0.696. The molecule has 32 heavy (non-hydrogen) atoms. The summed E-state index contributed by atoms with van der Waals surface area (Å²) in [6.07, 6.45) is 7.16. The summed E-state index contributed by atoms with van der Waals surface area (Å²) in [5.41, 5.74) is 3.40. The Morgan fingerprint density at radius 2 is 2.00 bits per heavy atom. The fourth-order valence-electron chi connectivity index (χ4n) is 4.12. The zero-order chi connectivity index (χ0) is 22.1. The second-order valence-electron chi connectivity index (χ2n) is 8.21. The van der Waals surface area contributed by atoms with Crippen LogP contribution in [-0.4, -0.2) is 38.6 Å². The van der Waals surface area contributed by atoms with E-state index >= 15 is 0 Å². The van der Waals surface area contributed by atoms with Gasteiger partial charge in [-0.15, -0.1) is 0 Å². The number of pyridine rings is 3.